The van der Waals surface area contributed by atoms with Crippen LogP contribution in [0.2, 0.25) is 5.02 Å². The molecule has 96 valence electrons. The predicted molar refractivity (Wildman–Crippen MR) is 71.9 cm³/mol. The van der Waals surface area contributed by atoms with Crippen LogP contribution in [0.3, 0.4) is 0 Å². The SMILES string of the molecule is CN1CCCC1CCOc1cc(Cl)ccc1C#N. The minimum absolute atomic E-state index is 0.541. The fraction of sp³-hybridized carbons (Fsp3) is 0.500. The van der Waals surface area contributed by atoms with Crippen molar-refractivity contribution in [2.75, 3.05) is 20.2 Å². The van der Waals surface area contributed by atoms with Crippen molar-refractivity contribution >= 4 is 11.6 Å². The van der Waals surface area contributed by atoms with Crippen molar-refractivity contribution in [3.8, 4) is 11.8 Å². The summed E-state index contributed by atoms with van der Waals surface area (Å²) in [5, 5.41) is 9.58. The van der Waals surface area contributed by atoms with Gasteiger partial charge < -0.3 is 9.64 Å². The summed E-state index contributed by atoms with van der Waals surface area (Å²) in [4.78, 5) is 2.37. The highest BCUT2D eigenvalue weighted by Gasteiger charge is 2.20. The molecule has 0 spiro atoms. The van der Waals surface area contributed by atoms with Crippen LogP contribution >= 0.6 is 11.6 Å². The van der Waals surface area contributed by atoms with E-state index in [0.29, 0.717) is 29.0 Å². The fourth-order valence-electron chi connectivity index (χ4n) is 2.36. The number of nitriles is 1. The molecule has 1 unspecified atom stereocenters. The van der Waals surface area contributed by atoms with Gasteiger partial charge in [0.1, 0.15) is 11.8 Å². The molecule has 1 fully saturated rings. The molecular formula is C14H17ClN2O. The lowest BCUT2D eigenvalue weighted by Gasteiger charge is -2.19. The van der Waals surface area contributed by atoms with Crippen molar-refractivity contribution in [3.05, 3.63) is 28.8 Å². The topological polar surface area (TPSA) is 36.3 Å². The number of likely N-dealkylation sites (tertiary alicyclic amines) is 1. The quantitative estimate of drug-likeness (QED) is 0.839. The standard InChI is InChI=1S/C14H17ClN2O/c1-17-7-2-3-13(17)6-8-18-14-9-12(15)5-4-11(14)10-16/h4-5,9,13H,2-3,6-8H2,1H3. The van der Waals surface area contributed by atoms with E-state index in [1.54, 1.807) is 18.2 Å². The lowest BCUT2D eigenvalue weighted by molar-refractivity contribution is 0.233. The molecule has 0 aromatic heterocycles. The maximum Gasteiger partial charge on any atom is 0.138 e. The average molecular weight is 265 g/mol. The monoisotopic (exact) mass is 264 g/mol. The van der Waals surface area contributed by atoms with Crippen LogP contribution in [0, 0.1) is 11.3 Å². The van der Waals surface area contributed by atoms with Gasteiger partial charge in [0.05, 0.1) is 12.2 Å². The molecule has 1 aliphatic rings. The fourth-order valence-corrected chi connectivity index (χ4v) is 2.52. The lowest BCUT2D eigenvalue weighted by Crippen LogP contribution is -2.26. The van der Waals surface area contributed by atoms with E-state index < -0.39 is 0 Å². The molecule has 1 aliphatic heterocycles. The smallest absolute Gasteiger partial charge is 0.138 e. The number of halogens is 1. The van der Waals surface area contributed by atoms with E-state index in [4.69, 9.17) is 21.6 Å². The summed E-state index contributed by atoms with van der Waals surface area (Å²) >= 11 is 5.91. The number of benzene rings is 1. The van der Waals surface area contributed by atoms with Crippen molar-refractivity contribution in [2.24, 2.45) is 0 Å². The molecule has 4 heteroatoms. The Morgan fingerprint density at radius 3 is 3.06 bits per heavy atom. The molecule has 1 aromatic rings. The highest BCUT2D eigenvalue weighted by atomic mass is 35.5. The van der Waals surface area contributed by atoms with Gasteiger partial charge in [-0.2, -0.15) is 5.26 Å². The van der Waals surface area contributed by atoms with Gasteiger partial charge in [-0.3, -0.25) is 0 Å². The molecule has 0 bridgehead atoms. The summed E-state index contributed by atoms with van der Waals surface area (Å²) in [6.45, 7) is 1.80. The van der Waals surface area contributed by atoms with Crippen LogP contribution in [-0.4, -0.2) is 31.1 Å². The number of hydrogen-bond acceptors (Lipinski definition) is 3. The second-order valence-electron chi connectivity index (χ2n) is 4.67. The highest BCUT2D eigenvalue weighted by Crippen LogP contribution is 2.24. The third kappa shape index (κ3) is 3.16. The molecule has 1 aromatic carbocycles. The summed E-state index contributed by atoms with van der Waals surface area (Å²) in [5.41, 5.74) is 0.541. The third-order valence-electron chi connectivity index (χ3n) is 3.44. The van der Waals surface area contributed by atoms with Gasteiger partial charge in [0, 0.05) is 17.1 Å². The van der Waals surface area contributed by atoms with E-state index in [9.17, 15) is 0 Å². The van der Waals surface area contributed by atoms with Crippen molar-refractivity contribution in [2.45, 2.75) is 25.3 Å². The summed E-state index contributed by atoms with van der Waals surface area (Å²) in [6, 6.07) is 7.83. The normalized spacial score (nSPS) is 19.7. The largest absolute Gasteiger partial charge is 0.492 e. The number of rotatable bonds is 4. The van der Waals surface area contributed by atoms with Crippen LogP contribution in [0.4, 0.5) is 0 Å². The van der Waals surface area contributed by atoms with Gasteiger partial charge in [-0.05, 0) is 45.0 Å². The minimum Gasteiger partial charge on any atom is -0.492 e. The first-order valence-electron chi connectivity index (χ1n) is 6.23. The van der Waals surface area contributed by atoms with Gasteiger partial charge in [0.15, 0.2) is 0 Å². The highest BCUT2D eigenvalue weighted by molar-refractivity contribution is 6.30. The Kier molecular flexibility index (Phi) is 4.46. The maximum absolute atomic E-state index is 8.98. The number of nitrogens with zero attached hydrogens (tertiary/aromatic N) is 2. The van der Waals surface area contributed by atoms with Gasteiger partial charge in [0.2, 0.25) is 0 Å². The zero-order valence-electron chi connectivity index (χ0n) is 10.5. The maximum atomic E-state index is 8.98. The van der Waals surface area contributed by atoms with E-state index in [0.717, 1.165) is 6.42 Å². The predicted octanol–water partition coefficient (Wildman–Crippen LogP) is 3.07. The Balaban J connectivity index is 1.90. The summed E-state index contributed by atoms with van der Waals surface area (Å²) < 4.78 is 5.69. The molecule has 0 amide bonds. The van der Waals surface area contributed by atoms with Crippen molar-refractivity contribution in [3.63, 3.8) is 0 Å². The number of ether oxygens (including phenoxy) is 1. The van der Waals surface area contributed by atoms with Crippen LogP contribution < -0.4 is 4.74 Å². The van der Waals surface area contributed by atoms with Gasteiger partial charge >= 0.3 is 0 Å². The molecule has 0 saturated carbocycles. The molecular weight excluding hydrogens is 248 g/mol. The van der Waals surface area contributed by atoms with Crippen LogP contribution in [0.5, 0.6) is 5.75 Å². The van der Waals surface area contributed by atoms with Gasteiger partial charge in [0.25, 0.3) is 0 Å². The second-order valence-corrected chi connectivity index (χ2v) is 5.10. The van der Waals surface area contributed by atoms with Crippen LogP contribution in [-0.2, 0) is 0 Å². The Morgan fingerprint density at radius 2 is 2.39 bits per heavy atom. The van der Waals surface area contributed by atoms with Crippen molar-refractivity contribution < 1.29 is 4.74 Å². The van der Waals surface area contributed by atoms with Crippen molar-refractivity contribution in [1.82, 2.24) is 4.90 Å². The average Bonchev–Trinajstić information content (AvgIpc) is 2.76. The zero-order valence-corrected chi connectivity index (χ0v) is 11.3. The van der Waals surface area contributed by atoms with Gasteiger partial charge in [-0.25, -0.2) is 0 Å². The summed E-state index contributed by atoms with van der Waals surface area (Å²) in [7, 11) is 2.15. The zero-order chi connectivity index (χ0) is 13.0. The van der Waals surface area contributed by atoms with E-state index in [1.807, 2.05) is 0 Å². The first kappa shape index (κ1) is 13.2. The third-order valence-corrected chi connectivity index (χ3v) is 3.68. The lowest BCUT2D eigenvalue weighted by atomic mass is 10.1. The second kappa shape index (κ2) is 6.08. The molecule has 2 rings (SSSR count). The van der Waals surface area contributed by atoms with Crippen LogP contribution in [0.1, 0.15) is 24.8 Å². The molecule has 1 heterocycles. The summed E-state index contributed by atoms with van der Waals surface area (Å²) in [5.74, 6) is 0.589. The molecule has 0 aliphatic carbocycles. The van der Waals surface area contributed by atoms with Crippen molar-refractivity contribution in [1.29, 1.82) is 5.26 Å². The Hall–Kier alpha value is -1.24. The van der Waals surface area contributed by atoms with Gasteiger partial charge in [-0.1, -0.05) is 11.6 Å². The van der Waals surface area contributed by atoms with E-state index in [2.05, 4.69) is 18.0 Å². The van der Waals surface area contributed by atoms with E-state index in [1.165, 1.54) is 19.4 Å². The molecule has 0 N–H and O–H groups in total. The first-order valence-corrected chi connectivity index (χ1v) is 6.61. The Labute approximate surface area is 113 Å². The van der Waals surface area contributed by atoms with Crippen LogP contribution in [0.15, 0.2) is 18.2 Å². The molecule has 18 heavy (non-hydrogen) atoms. The van der Waals surface area contributed by atoms with Gasteiger partial charge in [-0.15, -0.1) is 0 Å². The Morgan fingerprint density at radius 1 is 1.56 bits per heavy atom. The van der Waals surface area contributed by atoms with E-state index >= 15 is 0 Å². The van der Waals surface area contributed by atoms with Crippen LogP contribution in [0.25, 0.3) is 0 Å². The minimum atomic E-state index is 0.541. The molecule has 1 atom stereocenters. The molecule has 1 saturated heterocycles. The molecule has 3 nitrogen and oxygen atoms in total. The molecule has 0 radical (unpaired) electrons. The van der Waals surface area contributed by atoms with E-state index in [-0.39, 0.29) is 0 Å². The summed E-state index contributed by atoms with van der Waals surface area (Å²) in [6.07, 6.45) is 3.50. The number of hydrogen-bond donors (Lipinski definition) is 0. The first-order chi connectivity index (χ1) is 8.70. The Bertz CT molecular complexity index is 456.